The lowest BCUT2D eigenvalue weighted by Gasteiger charge is -2.07. The van der Waals surface area contributed by atoms with Crippen LogP contribution in [0.4, 0.5) is 5.69 Å². The molecule has 0 unspecified atom stereocenters. The van der Waals surface area contributed by atoms with Crippen molar-refractivity contribution in [3.05, 3.63) is 46.9 Å². The molecular weight excluding hydrogens is 332 g/mol. The Morgan fingerprint density at radius 1 is 1.44 bits per heavy atom. The maximum Gasteiger partial charge on any atom is 0.266 e. The molecule has 0 bridgehead atoms. The maximum absolute atomic E-state index is 12.4. The number of carbonyl (C=O) groups excluding carboxylic acids is 1. The van der Waals surface area contributed by atoms with E-state index in [9.17, 15) is 10.1 Å². The van der Waals surface area contributed by atoms with Crippen molar-refractivity contribution in [1.29, 1.82) is 5.26 Å². The summed E-state index contributed by atoms with van der Waals surface area (Å²) in [6, 6.07) is 7.61. The Morgan fingerprint density at radius 3 is 2.76 bits per heavy atom. The predicted molar refractivity (Wildman–Crippen MR) is 102 cm³/mol. The molecule has 5 nitrogen and oxygen atoms in total. The van der Waals surface area contributed by atoms with E-state index in [0.29, 0.717) is 5.69 Å². The van der Waals surface area contributed by atoms with Crippen LogP contribution in [0.2, 0.25) is 0 Å². The predicted octanol–water partition coefficient (Wildman–Crippen LogP) is 4.18. The molecule has 130 valence electrons. The zero-order valence-electron chi connectivity index (χ0n) is 15.0. The summed E-state index contributed by atoms with van der Waals surface area (Å²) in [6.45, 7) is 7.09. The van der Waals surface area contributed by atoms with Crippen LogP contribution in [-0.2, 0) is 11.3 Å². The molecule has 0 spiro atoms. The van der Waals surface area contributed by atoms with Crippen molar-refractivity contribution in [3.63, 3.8) is 0 Å². The van der Waals surface area contributed by atoms with Crippen LogP contribution in [0.25, 0.3) is 6.08 Å². The molecule has 0 fully saturated rings. The third-order valence-electron chi connectivity index (χ3n) is 3.93. The Balaban J connectivity index is 2.23. The van der Waals surface area contributed by atoms with E-state index in [1.165, 1.54) is 11.8 Å². The largest absolute Gasteiger partial charge is 0.349 e. The number of amides is 1. The van der Waals surface area contributed by atoms with Gasteiger partial charge in [-0.15, -0.1) is 11.8 Å². The fourth-order valence-corrected chi connectivity index (χ4v) is 2.98. The number of pyridine rings is 1. The monoisotopic (exact) mass is 354 g/mol. The van der Waals surface area contributed by atoms with Crippen molar-refractivity contribution in [2.45, 2.75) is 38.8 Å². The van der Waals surface area contributed by atoms with E-state index in [0.717, 1.165) is 34.9 Å². The summed E-state index contributed by atoms with van der Waals surface area (Å²) in [4.78, 5) is 16.6. The fourth-order valence-electron chi connectivity index (χ4n) is 2.62. The summed E-state index contributed by atoms with van der Waals surface area (Å²) < 4.78 is 2.20. The molecule has 6 heteroatoms. The number of nitriles is 1. The zero-order chi connectivity index (χ0) is 18.4. The number of rotatable bonds is 6. The molecule has 0 aliphatic rings. The molecule has 2 rings (SSSR count). The van der Waals surface area contributed by atoms with E-state index in [4.69, 9.17) is 0 Å². The number of carbonyl (C=O) groups is 1. The Bertz CT molecular complexity index is 828. The first kappa shape index (κ1) is 18.8. The average molecular weight is 354 g/mol. The van der Waals surface area contributed by atoms with Gasteiger partial charge in [-0.25, -0.2) is 4.98 Å². The van der Waals surface area contributed by atoms with Crippen molar-refractivity contribution in [2.75, 3.05) is 11.6 Å². The van der Waals surface area contributed by atoms with Gasteiger partial charge in [0, 0.05) is 17.9 Å². The Kier molecular flexibility index (Phi) is 6.43. The van der Waals surface area contributed by atoms with Gasteiger partial charge in [0.05, 0.1) is 16.9 Å². The highest BCUT2D eigenvalue weighted by molar-refractivity contribution is 7.98. The smallest absolute Gasteiger partial charge is 0.266 e. The summed E-state index contributed by atoms with van der Waals surface area (Å²) in [5.41, 5.74) is 3.73. The van der Waals surface area contributed by atoms with Gasteiger partial charge < -0.3 is 9.88 Å². The number of hydrogen-bond donors (Lipinski definition) is 1. The quantitative estimate of drug-likeness (QED) is 0.480. The van der Waals surface area contributed by atoms with Crippen molar-refractivity contribution in [2.24, 2.45) is 0 Å². The van der Waals surface area contributed by atoms with Crippen LogP contribution >= 0.6 is 11.8 Å². The first-order valence-corrected chi connectivity index (χ1v) is 9.32. The van der Waals surface area contributed by atoms with Crippen molar-refractivity contribution < 1.29 is 4.79 Å². The molecular formula is C19H22N4OS. The van der Waals surface area contributed by atoms with Gasteiger partial charge in [-0.1, -0.05) is 6.92 Å². The topological polar surface area (TPSA) is 70.7 Å². The summed E-state index contributed by atoms with van der Waals surface area (Å²) >= 11 is 1.53. The minimum absolute atomic E-state index is 0.0747. The highest BCUT2D eigenvalue weighted by atomic mass is 32.2. The lowest BCUT2D eigenvalue weighted by atomic mass is 10.1. The Morgan fingerprint density at radius 2 is 2.20 bits per heavy atom. The fraction of sp³-hybridized carbons (Fsp3) is 0.316. The molecule has 0 atom stereocenters. The zero-order valence-corrected chi connectivity index (χ0v) is 15.8. The summed E-state index contributed by atoms with van der Waals surface area (Å²) in [6.07, 6.45) is 6.20. The molecule has 0 aliphatic heterocycles. The number of nitrogens with one attached hydrogen (secondary N) is 1. The van der Waals surface area contributed by atoms with Gasteiger partial charge in [0.2, 0.25) is 0 Å². The van der Waals surface area contributed by atoms with Gasteiger partial charge in [0.25, 0.3) is 5.91 Å². The second kappa shape index (κ2) is 8.54. The summed E-state index contributed by atoms with van der Waals surface area (Å²) in [7, 11) is 0. The van der Waals surface area contributed by atoms with Crippen LogP contribution in [0.15, 0.2) is 35.0 Å². The molecule has 0 aliphatic carbocycles. The molecule has 2 aromatic rings. The standard InChI is InChI=1S/C19H22N4OS/c1-5-8-23-13(2)9-15(14(23)3)10-16(11-20)19(24)22-17-6-7-18(25-4)21-12-17/h6-7,9-10,12H,5,8H2,1-4H3,(H,22,24)/b16-10+. The van der Waals surface area contributed by atoms with Crippen molar-refractivity contribution in [3.8, 4) is 6.07 Å². The third-order valence-corrected chi connectivity index (χ3v) is 4.59. The number of nitrogens with zero attached hydrogens (tertiary/aromatic N) is 3. The van der Waals surface area contributed by atoms with Gasteiger partial charge >= 0.3 is 0 Å². The van der Waals surface area contributed by atoms with E-state index in [-0.39, 0.29) is 5.57 Å². The lowest BCUT2D eigenvalue weighted by Crippen LogP contribution is -2.13. The first-order valence-electron chi connectivity index (χ1n) is 8.10. The molecule has 0 saturated carbocycles. The molecule has 25 heavy (non-hydrogen) atoms. The highest BCUT2D eigenvalue weighted by Gasteiger charge is 2.13. The van der Waals surface area contributed by atoms with Gasteiger partial charge in [0.15, 0.2) is 0 Å². The van der Waals surface area contributed by atoms with Crippen molar-refractivity contribution >= 4 is 29.4 Å². The van der Waals surface area contributed by atoms with Gasteiger partial charge in [-0.05, 0) is 56.4 Å². The second-order valence-electron chi connectivity index (χ2n) is 5.69. The van der Waals surface area contributed by atoms with Crippen LogP contribution in [0.5, 0.6) is 0 Å². The van der Waals surface area contributed by atoms with Crippen molar-refractivity contribution in [1.82, 2.24) is 9.55 Å². The van der Waals surface area contributed by atoms with Crippen LogP contribution < -0.4 is 5.32 Å². The minimum atomic E-state index is -0.429. The van der Waals surface area contributed by atoms with Crippen LogP contribution in [0.3, 0.4) is 0 Å². The van der Waals surface area contributed by atoms with E-state index in [1.54, 1.807) is 18.3 Å². The summed E-state index contributed by atoms with van der Waals surface area (Å²) in [5.74, 6) is -0.429. The lowest BCUT2D eigenvalue weighted by molar-refractivity contribution is -0.112. The SMILES string of the molecule is CCCn1c(C)cc(/C=C(\C#N)C(=O)Nc2ccc(SC)nc2)c1C. The van der Waals surface area contributed by atoms with E-state index >= 15 is 0 Å². The average Bonchev–Trinajstić information content (AvgIpc) is 2.88. The number of thioether (sulfide) groups is 1. The number of anilines is 1. The number of aromatic nitrogens is 2. The molecule has 1 amide bonds. The normalized spacial score (nSPS) is 11.2. The molecule has 2 aromatic heterocycles. The van der Waals surface area contributed by atoms with Gasteiger partial charge in [0.1, 0.15) is 11.6 Å². The first-order chi connectivity index (χ1) is 12.0. The molecule has 2 heterocycles. The van der Waals surface area contributed by atoms with E-state index in [2.05, 4.69) is 21.8 Å². The van der Waals surface area contributed by atoms with Gasteiger partial charge in [-0.3, -0.25) is 4.79 Å². The molecule has 1 N–H and O–H groups in total. The number of hydrogen-bond acceptors (Lipinski definition) is 4. The van der Waals surface area contributed by atoms with Gasteiger partial charge in [-0.2, -0.15) is 5.26 Å². The van der Waals surface area contributed by atoms with E-state index < -0.39 is 5.91 Å². The second-order valence-corrected chi connectivity index (χ2v) is 6.52. The highest BCUT2D eigenvalue weighted by Crippen LogP contribution is 2.20. The Labute approximate surface area is 152 Å². The molecule has 0 saturated heterocycles. The number of aryl methyl sites for hydroxylation is 1. The molecule has 0 aromatic carbocycles. The third kappa shape index (κ3) is 4.52. The van der Waals surface area contributed by atoms with E-state index in [1.807, 2.05) is 38.3 Å². The summed E-state index contributed by atoms with van der Waals surface area (Å²) in [5, 5.41) is 13.0. The molecule has 0 radical (unpaired) electrons. The van der Waals surface area contributed by atoms with Crippen LogP contribution in [0, 0.1) is 25.2 Å². The van der Waals surface area contributed by atoms with Crippen LogP contribution in [0.1, 0.15) is 30.3 Å². The van der Waals surface area contributed by atoms with Crippen LogP contribution in [-0.4, -0.2) is 21.7 Å². The Hall–Kier alpha value is -2.52. The minimum Gasteiger partial charge on any atom is -0.349 e. The maximum atomic E-state index is 12.4.